The summed E-state index contributed by atoms with van der Waals surface area (Å²) in [5.41, 5.74) is 4.10. The van der Waals surface area contributed by atoms with E-state index in [1.54, 1.807) is 0 Å². The molecule has 1 radical (unpaired) electrons. The topological polar surface area (TPSA) is 0 Å². The number of hydrogen-bond acceptors (Lipinski definition) is 0. The Labute approximate surface area is 131 Å². The second kappa shape index (κ2) is 7.09. The number of benzene rings is 1. The van der Waals surface area contributed by atoms with Gasteiger partial charge in [-0.2, -0.15) is 6.07 Å². The summed E-state index contributed by atoms with van der Waals surface area (Å²) in [5, 5.41) is 2.78. The van der Waals surface area contributed by atoms with Crippen LogP contribution in [0, 0.1) is 20.8 Å². The summed E-state index contributed by atoms with van der Waals surface area (Å²) in [4.78, 5) is 0. The van der Waals surface area contributed by atoms with Crippen molar-refractivity contribution >= 4 is 10.8 Å². The fourth-order valence-corrected chi connectivity index (χ4v) is 1.84. The normalized spacial score (nSPS) is 8.73. The molecular formula is C12H13Br2Zr. The molecule has 2 aromatic rings. The van der Waals surface area contributed by atoms with Crippen molar-refractivity contribution in [2.24, 2.45) is 0 Å². The average Bonchev–Trinajstić information content (AvgIpc) is 2.29. The van der Waals surface area contributed by atoms with E-state index in [0.717, 1.165) is 0 Å². The third kappa shape index (κ3) is 3.87. The van der Waals surface area contributed by atoms with Gasteiger partial charge >= 0.3 is 26.2 Å². The maximum Gasteiger partial charge on any atom is 3.00 e. The molecule has 0 heterocycles. The van der Waals surface area contributed by atoms with Crippen LogP contribution in [-0.4, -0.2) is 0 Å². The van der Waals surface area contributed by atoms with Gasteiger partial charge in [-0.3, -0.25) is 0 Å². The Bertz CT molecular complexity index is 432. The first-order chi connectivity index (χ1) is 5.66. The second-order valence-corrected chi connectivity index (χ2v) is 3.62. The molecule has 0 N–H and O–H groups in total. The Morgan fingerprint density at radius 2 is 1.53 bits per heavy atom. The minimum Gasteiger partial charge on any atom is -1.00 e. The van der Waals surface area contributed by atoms with Crippen molar-refractivity contribution in [3.8, 4) is 0 Å². The van der Waals surface area contributed by atoms with Crippen LogP contribution in [0.5, 0.6) is 0 Å². The fraction of sp³-hybridized carbons (Fsp3) is 0.250. The minimum atomic E-state index is 0. The molecule has 0 nitrogen and oxygen atoms in total. The minimum absolute atomic E-state index is 0. The molecule has 0 aliphatic carbocycles. The van der Waals surface area contributed by atoms with Crippen LogP contribution >= 0.6 is 0 Å². The van der Waals surface area contributed by atoms with Gasteiger partial charge in [0.2, 0.25) is 0 Å². The molecule has 2 aromatic carbocycles. The standard InChI is InChI=1S/C12H13.2BrH.Zr/c1-8-4-10(3)12-7-9(2)6-11(12)5-8;;;/h4-7H,1-3H3;2*1H;/q-1;;;+3/p-2. The molecule has 0 aliphatic rings. The summed E-state index contributed by atoms with van der Waals surface area (Å²) in [6.45, 7) is 6.47. The van der Waals surface area contributed by atoms with Gasteiger partial charge in [0.25, 0.3) is 0 Å². The van der Waals surface area contributed by atoms with Crippen molar-refractivity contribution in [1.82, 2.24) is 0 Å². The third-order valence-electron chi connectivity index (χ3n) is 2.32. The van der Waals surface area contributed by atoms with Crippen molar-refractivity contribution in [2.75, 3.05) is 0 Å². The number of rotatable bonds is 0. The number of halogens is 2. The Morgan fingerprint density at radius 1 is 0.933 bits per heavy atom. The van der Waals surface area contributed by atoms with Crippen LogP contribution in [0.4, 0.5) is 0 Å². The Kier molecular flexibility index (Phi) is 8.53. The maximum absolute atomic E-state index is 2.25. The predicted octanol–water partition coefficient (Wildman–Crippen LogP) is -2.51. The molecule has 0 atom stereocenters. The fourth-order valence-electron chi connectivity index (χ4n) is 1.84. The molecule has 0 saturated heterocycles. The summed E-state index contributed by atoms with van der Waals surface area (Å²) < 4.78 is 0. The van der Waals surface area contributed by atoms with Crippen molar-refractivity contribution in [2.45, 2.75) is 20.8 Å². The summed E-state index contributed by atoms with van der Waals surface area (Å²) in [6, 6.07) is 8.98. The van der Waals surface area contributed by atoms with E-state index in [2.05, 4.69) is 45.0 Å². The maximum atomic E-state index is 2.25. The molecule has 79 valence electrons. The van der Waals surface area contributed by atoms with E-state index >= 15 is 0 Å². The molecule has 0 aromatic heterocycles. The summed E-state index contributed by atoms with van der Waals surface area (Å²) in [7, 11) is 0. The first kappa shape index (κ1) is 18.0. The molecule has 0 bridgehead atoms. The molecule has 0 saturated carbocycles. The first-order valence-corrected chi connectivity index (χ1v) is 4.31. The first-order valence-electron chi connectivity index (χ1n) is 4.31. The van der Waals surface area contributed by atoms with Crippen LogP contribution < -0.4 is 34.0 Å². The van der Waals surface area contributed by atoms with Crippen molar-refractivity contribution < 1.29 is 60.2 Å². The zero-order chi connectivity index (χ0) is 8.72. The quantitative estimate of drug-likeness (QED) is 0.423. The molecule has 2 rings (SSSR count). The summed E-state index contributed by atoms with van der Waals surface area (Å²) in [6.07, 6.45) is 0. The van der Waals surface area contributed by atoms with Crippen LogP contribution in [0.1, 0.15) is 16.7 Å². The van der Waals surface area contributed by atoms with Gasteiger partial charge in [0.05, 0.1) is 0 Å². The number of hydrogen-bond donors (Lipinski definition) is 0. The molecular weight excluding hydrogens is 395 g/mol. The largest absolute Gasteiger partial charge is 3.00 e. The van der Waals surface area contributed by atoms with Gasteiger partial charge in [-0.15, -0.1) is 28.5 Å². The van der Waals surface area contributed by atoms with Gasteiger partial charge in [-0.25, -0.2) is 0 Å². The van der Waals surface area contributed by atoms with E-state index in [1.807, 2.05) is 0 Å². The van der Waals surface area contributed by atoms with Gasteiger partial charge < -0.3 is 34.0 Å². The van der Waals surface area contributed by atoms with Crippen LogP contribution in [0.3, 0.4) is 0 Å². The number of aryl methyl sites for hydroxylation is 3. The zero-order valence-corrected chi connectivity index (χ0v) is 14.7. The van der Waals surface area contributed by atoms with E-state index in [4.69, 9.17) is 0 Å². The van der Waals surface area contributed by atoms with E-state index in [-0.39, 0.29) is 60.2 Å². The van der Waals surface area contributed by atoms with Crippen molar-refractivity contribution in [1.29, 1.82) is 0 Å². The van der Waals surface area contributed by atoms with Crippen LogP contribution in [0.2, 0.25) is 0 Å². The SMILES string of the molecule is Cc1cc(C)c2cc(C)[cH-]c2c1.[Br-].[Br-].[Zr+3]. The van der Waals surface area contributed by atoms with Crippen LogP contribution in [0.15, 0.2) is 24.3 Å². The Balaban J connectivity index is 0. The van der Waals surface area contributed by atoms with Gasteiger partial charge in [0.15, 0.2) is 0 Å². The van der Waals surface area contributed by atoms with Crippen LogP contribution in [-0.2, 0) is 26.2 Å². The summed E-state index contributed by atoms with van der Waals surface area (Å²) in [5.74, 6) is 0. The zero-order valence-electron chi connectivity index (χ0n) is 9.07. The van der Waals surface area contributed by atoms with Crippen molar-refractivity contribution in [3.63, 3.8) is 0 Å². The van der Waals surface area contributed by atoms with E-state index in [0.29, 0.717) is 0 Å². The van der Waals surface area contributed by atoms with E-state index < -0.39 is 0 Å². The second-order valence-electron chi connectivity index (χ2n) is 3.62. The van der Waals surface area contributed by atoms with E-state index in [1.165, 1.54) is 27.5 Å². The Hall–Kier alpha value is 0.673. The van der Waals surface area contributed by atoms with Gasteiger partial charge in [-0.05, 0) is 13.8 Å². The predicted molar refractivity (Wildman–Crippen MR) is 53.8 cm³/mol. The molecule has 3 heteroatoms. The van der Waals surface area contributed by atoms with E-state index in [9.17, 15) is 0 Å². The molecule has 0 fully saturated rings. The molecule has 0 unspecified atom stereocenters. The van der Waals surface area contributed by atoms with Gasteiger partial charge in [0, 0.05) is 0 Å². The molecule has 15 heavy (non-hydrogen) atoms. The van der Waals surface area contributed by atoms with Crippen LogP contribution in [0.25, 0.3) is 10.8 Å². The average molecular weight is 408 g/mol. The molecule has 0 aliphatic heterocycles. The Morgan fingerprint density at radius 3 is 2.13 bits per heavy atom. The molecule has 0 spiro atoms. The third-order valence-corrected chi connectivity index (χ3v) is 2.32. The van der Waals surface area contributed by atoms with Crippen molar-refractivity contribution in [3.05, 3.63) is 41.0 Å². The van der Waals surface area contributed by atoms with Gasteiger partial charge in [0.1, 0.15) is 0 Å². The molecule has 0 amide bonds. The smallest absolute Gasteiger partial charge is 1.00 e. The number of fused-ring (bicyclic) bond motifs is 1. The monoisotopic (exact) mass is 405 g/mol. The summed E-state index contributed by atoms with van der Waals surface area (Å²) >= 11 is 0. The van der Waals surface area contributed by atoms with Gasteiger partial charge in [-0.1, -0.05) is 24.1 Å².